The summed E-state index contributed by atoms with van der Waals surface area (Å²) in [6, 6.07) is 9.98. The fourth-order valence-corrected chi connectivity index (χ4v) is 4.48. The summed E-state index contributed by atoms with van der Waals surface area (Å²) >= 11 is 0. The van der Waals surface area contributed by atoms with Crippen LogP contribution in [-0.2, 0) is 4.79 Å². The second-order valence-electron chi connectivity index (χ2n) is 8.68. The average molecular weight is 514 g/mol. The van der Waals surface area contributed by atoms with E-state index in [1.807, 2.05) is 0 Å². The summed E-state index contributed by atoms with van der Waals surface area (Å²) in [4.78, 5) is 46.1. The van der Waals surface area contributed by atoms with Crippen molar-refractivity contribution in [2.75, 3.05) is 15.1 Å². The second kappa shape index (κ2) is 8.57. The fraction of sp³-hybridized carbons (Fsp3) is 0.200. The van der Waals surface area contributed by atoms with Crippen LogP contribution in [0.3, 0.4) is 0 Å². The topological polar surface area (TPSA) is 91.8 Å². The van der Waals surface area contributed by atoms with Gasteiger partial charge in [0.1, 0.15) is 17.1 Å². The number of hydrogen-bond donors (Lipinski definition) is 1. The predicted octanol–water partition coefficient (Wildman–Crippen LogP) is 5.12. The molecule has 2 aliphatic rings. The van der Waals surface area contributed by atoms with E-state index >= 15 is 0 Å². The Kier molecular flexibility index (Phi) is 5.61. The van der Waals surface area contributed by atoms with Crippen LogP contribution < -0.4 is 19.9 Å². The molecule has 12 heteroatoms. The molecular weight excluding hydrogens is 496 g/mol. The molecule has 1 aliphatic carbocycles. The molecule has 5 rings (SSSR count). The van der Waals surface area contributed by atoms with Crippen molar-refractivity contribution in [1.29, 1.82) is 0 Å². The fourth-order valence-electron chi connectivity index (χ4n) is 4.48. The third-order valence-corrected chi connectivity index (χ3v) is 6.35. The Labute approximate surface area is 207 Å². The maximum Gasteiger partial charge on any atom is 0.573 e. The Bertz CT molecular complexity index is 1400. The van der Waals surface area contributed by atoms with E-state index in [2.05, 4.69) is 15.0 Å². The molecule has 1 saturated heterocycles. The number of nitrogens with zero attached hydrogens (tertiary/aromatic N) is 3. The van der Waals surface area contributed by atoms with Crippen LogP contribution in [0.1, 0.15) is 23.7 Å². The summed E-state index contributed by atoms with van der Waals surface area (Å²) in [5.41, 5.74) is -0.636. The van der Waals surface area contributed by atoms with E-state index < -0.39 is 41.3 Å². The minimum Gasteiger partial charge on any atom is -0.406 e. The highest BCUT2D eigenvalue weighted by Crippen LogP contribution is 2.56. The standard InChI is InChI=1S/C25H18F4N4O4/c1-14-12-24(14)22(35)32(17-6-8-18(9-7-17)37-25(27,28)29)23(36)33(24)20-10-11-30-13-19(20)31-21(34)15-2-4-16(26)5-3-15/h2-11,13-14H,12H2,1H3,(H,31,34). The summed E-state index contributed by atoms with van der Waals surface area (Å²) in [5, 5.41) is 2.65. The highest BCUT2D eigenvalue weighted by molar-refractivity contribution is 6.32. The SMILES string of the molecule is CC1CC12C(=O)N(c1ccc(OC(F)(F)F)cc1)C(=O)N2c1ccncc1NC(=O)c1ccc(F)cc1. The number of rotatable bonds is 5. The van der Waals surface area contributed by atoms with Gasteiger partial charge in [0, 0.05) is 11.8 Å². The molecule has 1 aromatic heterocycles. The lowest BCUT2D eigenvalue weighted by atomic mass is 10.1. The van der Waals surface area contributed by atoms with E-state index in [1.165, 1.54) is 47.6 Å². The Morgan fingerprint density at radius 3 is 2.32 bits per heavy atom. The van der Waals surface area contributed by atoms with Crippen LogP contribution in [0.15, 0.2) is 67.0 Å². The van der Waals surface area contributed by atoms with Gasteiger partial charge < -0.3 is 10.1 Å². The number of hydrogen-bond acceptors (Lipinski definition) is 5. The molecule has 1 N–H and O–H groups in total. The van der Waals surface area contributed by atoms with Gasteiger partial charge in [-0.15, -0.1) is 13.2 Å². The molecule has 1 spiro atoms. The Balaban J connectivity index is 1.48. The molecule has 8 nitrogen and oxygen atoms in total. The highest BCUT2D eigenvalue weighted by Gasteiger charge is 2.70. The minimum atomic E-state index is -4.89. The van der Waals surface area contributed by atoms with Crippen molar-refractivity contribution in [3.63, 3.8) is 0 Å². The first-order valence-electron chi connectivity index (χ1n) is 11.1. The van der Waals surface area contributed by atoms with Gasteiger partial charge in [0.15, 0.2) is 0 Å². The van der Waals surface area contributed by atoms with Crippen molar-refractivity contribution < 1.29 is 36.7 Å². The molecule has 1 saturated carbocycles. The molecule has 2 heterocycles. The molecule has 1 aliphatic heterocycles. The van der Waals surface area contributed by atoms with Gasteiger partial charge in [0.05, 0.1) is 23.3 Å². The number of ether oxygens (including phenoxy) is 1. The first-order valence-corrected chi connectivity index (χ1v) is 11.1. The number of benzene rings is 2. The van der Waals surface area contributed by atoms with Gasteiger partial charge in [-0.3, -0.25) is 19.5 Å². The smallest absolute Gasteiger partial charge is 0.406 e. The number of urea groups is 1. The molecule has 2 atom stereocenters. The van der Waals surface area contributed by atoms with Crippen molar-refractivity contribution in [3.05, 3.63) is 78.4 Å². The van der Waals surface area contributed by atoms with Gasteiger partial charge in [-0.1, -0.05) is 6.92 Å². The maximum absolute atomic E-state index is 13.6. The Morgan fingerprint density at radius 2 is 1.73 bits per heavy atom. The summed E-state index contributed by atoms with van der Waals surface area (Å²) < 4.78 is 54.7. The largest absolute Gasteiger partial charge is 0.573 e. The lowest BCUT2D eigenvalue weighted by Crippen LogP contribution is -2.39. The van der Waals surface area contributed by atoms with Crippen LogP contribution in [0.4, 0.5) is 39.4 Å². The summed E-state index contributed by atoms with van der Waals surface area (Å²) in [5.74, 6) is -2.36. The molecule has 4 amide bonds. The Hall–Kier alpha value is -4.48. The normalized spacial score (nSPS) is 20.9. The average Bonchev–Trinajstić information content (AvgIpc) is 3.46. The van der Waals surface area contributed by atoms with E-state index in [0.717, 1.165) is 29.2 Å². The monoisotopic (exact) mass is 514 g/mol. The van der Waals surface area contributed by atoms with Crippen molar-refractivity contribution in [1.82, 2.24) is 4.98 Å². The van der Waals surface area contributed by atoms with Crippen LogP contribution >= 0.6 is 0 Å². The number of anilines is 3. The van der Waals surface area contributed by atoms with E-state index in [4.69, 9.17) is 0 Å². The molecule has 37 heavy (non-hydrogen) atoms. The molecule has 3 aromatic rings. The lowest BCUT2D eigenvalue weighted by Gasteiger charge is -2.24. The zero-order chi connectivity index (χ0) is 26.5. The van der Waals surface area contributed by atoms with E-state index in [-0.39, 0.29) is 28.5 Å². The molecule has 2 unspecified atom stereocenters. The predicted molar refractivity (Wildman–Crippen MR) is 124 cm³/mol. The summed E-state index contributed by atoms with van der Waals surface area (Å²) in [6.45, 7) is 1.79. The first-order chi connectivity index (χ1) is 17.5. The lowest BCUT2D eigenvalue weighted by molar-refractivity contribution is -0.274. The van der Waals surface area contributed by atoms with Crippen LogP contribution in [0.25, 0.3) is 0 Å². The molecule has 2 fully saturated rings. The highest BCUT2D eigenvalue weighted by atomic mass is 19.4. The number of carbonyl (C=O) groups is 3. The number of nitrogens with one attached hydrogen (secondary N) is 1. The van der Waals surface area contributed by atoms with Crippen LogP contribution in [-0.4, -0.2) is 34.7 Å². The summed E-state index contributed by atoms with van der Waals surface area (Å²) in [6.07, 6.45) is -1.83. The zero-order valence-electron chi connectivity index (χ0n) is 19.1. The van der Waals surface area contributed by atoms with Crippen LogP contribution in [0, 0.1) is 11.7 Å². The zero-order valence-corrected chi connectivity index (χ0v) is 19.1. The van der Waals surface area contributed by atoms with Gasteiger partial charge in [-0.05, 0) is 66.9 Å². The van der Waals surface area contributed by atoms with Gasteiger partial charge in [0.2, 0.25) is 0 Å². The first kappa shape index (κ1) is 24.2. The van der Waals surface area contributed by atoms with Crippen molar-refractivity contribution in [2.24, 2.45) is 5.92 Å². The number of carbonyl (C=O) groups excluding carboxylic acids is 3. The van der Waals surface area contributed by atoms with Gasteiger partial charge in [-0.25, -0.2) is 14.1 Å². The minimum absolute atomic E-state index is 0.0662. The molecule has 2 aromatic carbocycles. The third kappa shape index (κ3) is 4.24. The number of amides is 4. The van der Waals surface area contributed by atoms with Gasteiger partial charge in [0.25, 0.3) is 11.8 Å². The number of pyridine rings is 1. The van der Waals surface area contributed by atoms with E-state index in [0.29, 0.717) is 6.42 Å². The van der Waals surface area contributed by atoms with Crippen LogP contribution in [0.5, 0.6) is 5.75 Å². The molecule has 190 valence electrons. The van der Waals surface area contributed by atoms with Crippen molar-refractivity contribution >= 4 is 34.9 Å². The number of imide groups is 1. The number of alkyl halides is 3. The quantitative estimate of drug-likeness (QED) is 0.377. The number of halogens is 4. The van der Waals surface area contributed by atoms with Gasteiger partial charge >= 0.3 is 12.4 Å². The van der Waals surface area contributed by atoms with E-state index in [9.17, 15) is 31.9 Å². The molecule has 0 bridgehead atoms. The second-order valence-corrected chi connectivity index (χ2v) is 8.68. The van der Waals surface area contributed by atoms with Crippen LogP contribution in [0.2, 0.25) is 0 Å². The maximum atomic E-state index is 13.6. The Morgan fingerprint density at radius 1 is 1.08 bits per heavy atom. The van der Waals surface area contributed by atoms with Crippen molar-refractivity contribution in [3.8, 4) is 5.75 Å². The summed E-state index contributed by atoms with van der Waals surface area (Å²) in [7, 11) is 0. The number of aromatic nitrogens is 1. The van der Waals surface area contributed by atoms with Crippen molar-refractivity contribution in [2.45, 2.75) is 25.2 Å². The molecule has 0 radical (unpaired) electrons. The molecular formula is C25H18F4N4O4. The third-order valence-electron chi connectivity index (χ3n) is 6.35. The van der Waals surface area contributed by atoms with E-state index in [1.54, 1.807) is 6.92 Å². The van der Waals surface area contributed by atoms with Gasteiger partial charge in [-0.2, -0.15) is 0 Å².